The number of benzene rings is 1. The Bertz CT molecular complexity index is 328. The van der Waals surface area contributed by atoms with Crippen LogP contribution in [-0.4, -0.2) is 13.2 Å². The molecule has 1 heteroatoms. The van der Waals surface area contributed by atoms with Crippen LogP contribution >= 0.6 is 0 Å². The molecule has 1 nitrogen and oxygen atoms in total. The summed E-state index contributed by atoms with van der Waals surface area (Å²) in [7, 11) is 0. The summed E-state index contributed by atoms with van der Waals surface area (Å²) in [6, 6.07) is 10.6. The lowest BCUT2D eigenvalue weighted by Crippen LogP contribution is -2.24. The molecular formula is C14H18O. The molecule has 0 radical (unpaired) electrons. The van der Waals surface area contributed by atoms with Crippen LogP contribution in [-0.2, 0) is 4.74 Å². The molecule has 1 fully saturated rings. The molecule has 0 amide bonds. The van der Waals surface area contributed by atoms with Crippen LogP contribution in [0.15, 0.2) is 42.5 Å². The molecule has 1 aliphatic rings. The molecule has 1 aliphatic heterocycles. The Hall–Kier alpha value is -1.08. The Labute approximate surface area is 91.8 Å². The lowest BCUT2D eigenvalue weighted by Gasteiger charge is -2.30. The van der Waals surface area contributed by atoms with Gasteiger partial charge in [0.2, 0.25) is 0 Å². The van der Waals surface area contributed by atoms with Gasteiger partial charge in [0.15, 0.2) is 0 Å². The summed E-state index contributed by atoms with van der Waals surface area (Å²) in [6.45, 7) is 8.10. The van der Waals surface area contributed by atoms with Crippen molar-refractivity contribution in [3.05, 3.63) is 48.0 Å². The molecule has 0 aliphatic carbocycles. The number of hydrogen-bond acceptors (Lipinski definition) is 1. The van der Waals surface area contributed by atoms with Crippen molar-refractivity contribution in [2.75, 3.05) is 13.2 Å². The third-order valence-electron chi connectivity index (χ3n) is 3.32. The summed E-state index contributed by atoms with van der Waals surface area (Å²) >= 11 is 0. The highest BCUT2D eigenvalue weighted by molar-refractivity contribution is 5.23. The fourth-order valence-corrected chi connectivity index (χ4v) is 2.20. The molecule has 1 aromatic rings. The van der Waals surface area contributed by atoms with Crippen molar-refractivity contribution in [3.63, 3.8) is 0 Å². The van der Waals surface area contributed by atoms with Gasteiger partial charge < -0.3 is 4.74 Å². The van der Waals surface area contributed by atoms with E-state index in [1.54, 1.807) is 0 Å². The van der Waals surface area contributed by atoms with Crippen molar-refractivity contribution in [1.29, 1.82) is 0 Å². The van der Waals surface area contributed by atoms with E-state index >= 15 is 0 Å². The molecule has 2 rings (SSSR count). The van der Waals surface area contributed by atoms with Crippen molar-refractivity contribution in [3.8, 4) is 0 Å². The van der Waals surface area contributed by atoms with Gasteiger partial charge in [-0.2, -0.15) is 0 Å². The minimum atomic E-state index is 0.487. The number of ether oxygens (including phenoxy) is 1. The highest BCUT2D eigenvalue weighted by Gasteiger charge is 2.24. The monoisotopic (exact) mass is 202 g/mol. The second-order valence-electron chi connectivity index (χ2n) is 4.29. The first-order valence-corrected chi connectivity index (χ1v) is 5.59. The normalized spacial score (nSPS) is 23.8. The summed E-state index contributed by atoms with van der Waals surface area (Å²) in [5.74, 6) is 1.00. The Morgan fingerprint density at radius 2 is 2.07 bits per heavy atom. The highest BCUT2D eigenvalue weighted by atomic mass is 16.5. The summed E-state index contributed by atoms with van der Waals surface area (Å²) < 4.78 is 5.53. The molecule has 0 N–H and O–H groups in total. The van der Waals surface area contributed by atoms with Gasteiger partial charge in [-0.3, -0.25) is 0 Å². The lowest BCUT2D eigenvalue weighted by atomic mass is 9.81. The SMILES string of the molecule is C=C1CCOCC1C(C)c1ccccc1. The van der Waals surface area contributed by atoms with Gasteiger partial charge in [0.25, 0.3) is 0 Å². The minimum Gasteiger partial charge on any atom is -0.380 e. The summed E-state index contributed by atoms with van der Waals surface area (Å²) in [4.78, 5) is 0. The molecule has 0 saturated carbocycles. The summed E-state index contributed by atoms with van der Waals surface area (Å²) in [5, 5.41) is 0. The Balaban J connectivity index is 2.13. The zero-order valence-corrected chi connectivity index (χ0v) is 9.28. The van der Waals surface area contributed by atoms with E-state index in [1.807, 2.05) is 0 Å². The maximum Gasteiger partial charge on any atom is 0.0537 e. The third-order valence-corrected chi connectivity index (χ3v) is 3.32. The number of rotatable bonds is 2. The fraction of sp³-hybridized carbons (Fsp3) is 0.429. The molecule has 2 unspecified atom stereocenters. The van der Waals surface area contributed by atoms with Crippen molar-refractivity contribution < 1.29 is 4.74 Å². The zero-order valence-electron chi connectivity index (χ0n) is 9.28. The van der Waals surface area contributed by atoms with Crippen LogP contribution in [0.25, 0.3) is 0 Å². The van der Waals surface area contributed by atoms with Crippen LogP contribution in [0.4, 0.5) is 0 Å². The molecule has 1 heterocycles. The van der Waals surface area contributed by atoms with Gasteiger partial charge in [-0.25, -0.2) is 0 Å². The molecule has 15 heavy (non-hydrogen) atoms. The van der Waals surface area contributed by atoms with E-state index in [9.17, 15) is 0 Å². The van der Waals surface area contributed by atoms with E-state index < -0.39 is 0 Å². The predicted molar refractivity (Wildman–Crippen MR) is 62.9 cm³/mol. The van der Waals surface area contributed by atoms with Crippen molar-refractivity contribution in [2.24, 2.45) is 5.92 Å². The predicted octanol–water partition coefficient (Wildman–Crippen LogP) is 3.38. The first kappa shape index (κ1) is 10.4. The van der Waals surface area contributed by atoms with E-state index in [1.165, 1.54) is 11.1 Å². The fourth-order valence-electron chi connectivity index (χ4n) is 2.20. The molecule has 0 spiro atoms. The third kappa shape index (κ3) is 2.29. The summed E-state index contributed by atoms with van der Waals surface area (Å²) in [5.41, 5.74) is 2.73. The van der Waals surface area contributed by atoms with E-state index in [0.717, 1.165) is 19.6 Å². The van der Waals surface area contributed by atoms with Gasteiger partial charge >= 0.3 is 0 Å². The molecule has 1 saturated heterocycles. The minimum absolute atomic E-state index is 0.487. The number of hydrogen-bond donors (Lipinski definition) is 0. The Morgan fingerprint density at radius 1 is 1.33 bits per heavy atom. The molecule has 2 atom stereocenters. The first-order chi connectivity index (χ1) is 7.29. The highest BCUT2D eigenvalue weighted by Crippen LogP contribution is 2.32. The Morgan fingerprint density at radius 3 is 2.73 bits per heavy atom. The smallest absolute Gasteiger partial charge is 0.0537 e. The molecule has 0 bridgehead atoms. The topological polar surface area (TPSA) is 9.23 Å². The molecule has 0 aromatic heterocycles. The average Bonchev–Trinajstić information content (AvgIpc) is 2.30. The van der Waals surface area contributed by atoms with E-state index in [0.29, 0.717) is 11.8 Å². The largest absolute Gasteiger partial charge is 0.380 e. The van der Waals surface area contributed by atoms with Crippen LogP contribution in [0.5, 0.6) is 0 Å². The standard InChI is InChI=1S/C14H18O/c1-11-8-9-15-10-14(11)12(2)13-6-4-3-5-7-13/h3-7,12,14H,1,8-10H2,2H3. The van der Waals surface area contributed by atoms with Gasteiger partial charge in [-0.05, 0) is 17.9 Å². The van der Waals surface area contributed by atoms with Gasteiger partial charge in [0, 0.05) is 5.92 Å². The second-order valence-corrected chi connectivity index (χ2v) is 4.29. The van der Waals surface area contributed by atoms with E-state index in [2.05, 4.69) is 43.8 Å². The maximum absolute atomic E-state index is 5.53. The van der Waals surface area contributed by atoms with Crippen molar-refractivity contribution in [2.45, 2.75) is 19.3 Å². The van der Waals surface area contributed by atoms with Gasteiger partial charge in [0.1, 0.15) is 0 Å². The molecular weight excluding hydrogens is 184 g/mol. The van der Waals surface area contributed by atoms with Crippen LogP contribution in [0.2, 0.25) is 0 Å². The van der Waals surface area contributed by atoms with Crippen LogP contribution in [0.1, 0.15) is 24.8 Å². The van der Waals surface area contributed by atoms with E-state index in [-0.39, 0.29) is 0 Å². The van der Waals surface area contributed by atoms with Gasteiger partial charge in [-0.1, -0.05) is 49.4 Å². The first-order valence-electron chi connectivity index (χ1n) is 5.59. The van der Waals surface area contributed by atoms with Crippen LogP contribution < -0.4 is 0 Å². The van der Waals surface area contributed by atoms with Gasteiger partial charge in [-0.15, -0.1) is 0 Å². The molecule has 1 aromatic carbocycles. The summed E-state index contributed by atoms with van der Waals surface area (Å²) in [6.07, 6.45) is 1.02. The maximum atomic E-state index is 5.53. The zero-order chi connectivity index (χ0) is 10.7. The Kier molecular flexibility index (Phi) is 3.22. The van der Waals surface area contributed by atoms with Crippen molar-refractivity contribution in [1.82, 2.24) is 0 Å². The van der Waals surface area contributed by atoms with E-state index in [4.69, 9.17) is 4.74 Å². The van der Waals surface area contributed by atoms with Gasteiger partial charge in [0.05, 0.1) is 13.2 Å². The molecule has 80 valence electrons. The average molecular weight is 202 g/mol. The quantitative estimate of drug-likeness (QED) is 0.668. The second kappa shape index (κ2) is 4.63. The van der Waals surface area contributed by atoms with Crippen molar-refractivity contribution >= 4 is 0 Å². The van der Waals surface area contributed by atoms with Crippen LogP contribution in [0, 0.1) is 5.92 Å². The lowest BCUT2D eigenvalue weighted by molar-refractivity contribution is 0.0772. The van der Waals surface area contributed by atoms with Crippen LogP contribution in [0.3, 0.4) is 0 Å².